The van der Waals surface area contributed by atoms with Crippen molar-refractivity contribution in [1.29, 1.82) is 0 Å². The van der Waals surface area contributed by atoms with Crippen LogP contribution in [-0.4, -0.2) is 34.0 Å². The van der Waals surface area contributed by atoms with Crippen molar-refractivity contribution in [3.8, 4) is 11.4 Å². The van der Waals surface area contributed by atoms with Gasteiger partial charge in [-0.05, 0) is 71.2 Å². The maximum Gasteiger partial charge on any atom is 0.255 e. The molecule has 1 aliphatic heterocycles. The second-order valence-electron chi connectivity index (χ2n) is 6.68. The molecule has 5 nitrogen and oxygen atoms in total. The second-order valence-corrected chi connectivity index (χ2v) is 7.97. The SMILES string of the molecule is O=C(c1cc(F)ccc1Br)N1CCCC(c2nc(-c3ccc(Cl)cc3)no2)C1. The van der Waals surface area contributed by atoms with Gasteiger partial charge in [0.05, 0.1) is 11.5 Å². The molecule has 1 amide bonds. The number of halogens is 3. The fraction of sp³-hybridized carbons (Fsp3) is 0.250. The molecule has 1 fully saturated rings. The first-order valence-electron chi connectivity index (χ1n) is 8.85. The van der Waals surface area contributed by atoms with E-state index in [9.17, 15) is 9.18 Å². The van der Waals surface area contributed by atoms with Gasteiger partial charge in [-0.2, -0.15) is 4.98 Å². The van der Waals surface area contributed by atoms with Crippen LogP contribution in [0.2, 0.25) is 5.02 Å². The number of rotatable bonds is 3. The number of aromatic nitrogens is 2. The maximum atomic E-state index is 13.6. The van der Waals surface area contributed by atoms with Gasteiger partial charge in [0.15, 0.2) is 0 Å². The zero-order chi connectivity index (χ0) is 19.7. The van der Waals surface area contributed by atoms with Crippen molar-refractivity contribution in [2.75, 3.05) is 13.1 Å². The first-order valence-corrected chi connectivity index (χ1v) is 10.0. The van der Waals surface area contributed by atoms with E-state index in [0.717, 1.165) is 18.4 Å². The van der Waals surface area contributed by atoms with Crippen molar-refractivity contribution >= 4 is 33.4 Å². The van der Waals surface area contributed by atoms with Crippen molar-refractivity contribution in [3.63, 3.8) is 0 Å². The smallest absolute Gasteiger partial charge is 0.255 e. The molecule has 0 bridgehead atoms. The minimum Gasteiger partial charge on any atom is -0.339 e. The summed E-state index contributed by atoms with van der Waals surface area (Å²) in [6.45, 7) is 1.06. The Morgan fingerprint density at radius 3 is 2.82 bits per heavy atom. The minimum absolute atomic E-state index is 0.0569. The Bertz CT molecular complexity index is 1010. The first-order chi connectivity index (χ1) is 13.5. The highest BCUT2D eigenvalue weighted by Gasteiger charge is 2.30. The number of hydrogen-bond acceptors (Lipinski definition) is 4. The molecule has 1 aliphatic rings. The van der Waals surface area contributed by atoms with Crippen LogP contribution >= 0.6 is 27.5 Å². The van der Waals surface area contributed by atoms with Crippen molar-refractivity contribution in [2.45, 2.75) is 18.8 Å². The van der Waals surface area contributed by atoms with Gasteiger partial charge in [0.1, 0.15) is 5.82 Å². The van der Waals surface area contributed by atoms with Crippen molar-refractivity contribution in [2.24, 2.45) is 0 Å². The summed E-state index contributed by atoms with van der Waals surface area (Å²) in [6, 6.07) is 11.3. The highest BCUT2D eigenvalue weighted by atomic mass is 79.9. The van der Waals surface area contributed by atoms with Gasteiger partial charge >= 0.3 is 0 Å². The van der Waals surface area contributed by atoms with Crippen LogP contribution in [-0.2, 0) is 0 Å². The number of amides is 1. The Balaban J connectivity index is 1.52. The summed E-state index contributed by atoms with van der Waals surface area (Å²) in [5.74, 6) is 0.278. The lowest BCUT2D eigenvalue weighted by Crippen LogP contribution is -2.39. The van der Waals surface area contributed by atoms with Crippen LogP contribution in [0.25, 0.3) is 11.4 Å². The Hall–Kier alpha value is -2.25. The summed E-state index contributed by atoms with van der Waals surface area (Å²) < 4.78 is 19.6. The van der Waals surface area contributed by atoms with Crippen LogP contribution < -0.4 is 0 Å². The third kappa shape index (κ3) is 3.95. The maximum absolute atomic E-state index is 13.6. The third-order valence-corrected chi connectivity index (χ3v) is 5.70. The number of carbonyl (C=O) groups is 1. The number of piperidine rings is 1. The van der Waals surface area contributed by atoms with E-state index in [1.807, 2.05) is 12.1 Å². The number of carbonyl (C=O) groups excluding carboxylic acids is 1. The molecule has 1 atom stereocenters. The standard InChI is InChI=1S/C20H16BrClFN3O2/c21-17-8-7-15(23)10-16(17)20(27)26-9-1-2-13(11-26)19-24-18(25-28-19)12-3-5-14(22)6-4-12/h3-8,10,13H,1-2,9,11H2. The fourth-order valence-electron chi connectivity index (χ4n) is 3.31. The molecule has 0 N–H and O–H groups in total. The Kier molecular flexibility index (Phi) is 5.46. The van der Waals surface area contributed by atoms with E-state index >= 15 is 0 Å². The first kappa shape index (κ1) is 19.1. The molecule has 0 radical (unpaired) electrons. The minimum atomic E-state index is -0.440. The molecular weight excluding hydrogens is 449 g/mol. The summed E-state index contributed by atoms with van der Waals surface area (Å²) >= 11 is 9.24. The summed E-state index contributed by atoms with van der Waals surface area (Å²) in [5.41, 5.74) is 1.12. The topological polar surface area (TPSA) is 59.2 Å². The molecule has 3 aromatic rings. The molecular formula is C20H16BrClFN3O2. The van der Waals surface area contributed by atoms with Crippen molar-refractivity contribution in [3.05, 3.63) is 69.2 Å². The van der Waals surface area contributed by atoms with Crippen LogP contribution in [0.1, 0.15) is 35.0 Å². The molecule has 2 aromatic carbocycles. The lowest BCUT2D eigenvalue weighted by Gasteiger charge is -2.31. The molecule has 0 aliphatic carbocycles. The zero-order valence-electron chi connectivity index (χ0n) is 14.7. The van der Waals surface area contributed by atoms with Crippen LogP contribution in [0.15, 0.2) is 51.5 Å². The number of hydrogen-bond donors (Lipinski definition) is 0. The van der Waals surface area contributed by atoms with Crippen molar-refractivity contribution < 1.29 is 13.7 Å². The lowest BCUT2D eigenvalue weighted by molar-refractivity contribution is 0.0694. The molecule has 4 rings (SSSR count). The van der Waals surface area contributed by atoms with Gasteiger partial charge in [-0.3, -0.25) is 4.79 Å². The van der Waals surface area contributed by atoms with Crippen LogP contribution in [0.5, 0.6) is 0 Å². The highest BCUT2D eigenvalue weighted by molar-refractivity contribution is 9.10. The van der Waals surface area contributed by atoms with Crippen molar-refractivity contribution in [1.82, 2.24) is 15.0 Å². The number of likely N-dealkylation sites (tertiary alicyclic amines) is 1. The van der Waals surface area contributed by atoms with Gasteiger partial charge < -0.3 is 9.42 Å². The number of benzene rings is 2. The normalized spacial score (nSPS) is 17.0. The summed E-state index contributed by atoms with van der Waals surface area (Å²) in [6.07, 6.45) is 1.65. The van der Waals surface area contributed by atoms with Gasteiger partial charge in [0.25, 0.3) is 5.91 Å². The van der Waals surface area contributed by atoms with Gasteiger partial charge in [-0.1, -0.05) is 16.8 Å². The second kappa shape index (κ2) is 8.01. The van der Waals surface area contributed by atoms with Crippen LogP contribution in [0.4, 0.5) is 4.39 Å². The van der Waals surface area contributed by atoms with Crippen LogP contribution in [0.3, 0.4) is 0 Å². The molecule has 1 unspecified atom stereocenters. The van der Waals surface area contributed by atoms with E-state index in [0.29, 0.717) is 39.9 Å². The van der Waals surface area contributed by atoms with E-state index in [-0.39, 0.29) is 11.8 Å². The highest BCUT2D eigenvalue weighted by Crippen LogP contribution is 2.30. The molecule has 1 saturated heterocycles. The third-order valence-electron chi connectivity index (χ3n) is 4.76. The summed E-state index contributed by atoms with van der Waals surface area (Å²) in [4.78, 5) is 19.1. The number of nitrogens with zero attached hydrogens (tertiary/aromatic N) is 3. The molecule has 28 heavy (non-hydrogen) atoms. The van der Waals surface area contributed by atoms with Gasteiger partial charge in [-0.15, -0.1) is 0 Å². The summed E-state index contributed by atoms with van der Waals surface area (Å²) in [5, 5.41) is 4.69. The molecule has 2 heterocycles. The van der Waals surface area contributed by atoms with Gasteiger partial charge in [-0.25, -0.2) is 4.39 Å². The van der Waals surface area contributed by atoms with E-state index in [1.54, 1.807) is 23.1 Å². The molecule has 8 heteroatoms. The average molecular weight is 465 g/mol. The predicted octanol–water partition coefficient (Wildman–Crippen LogP) is 5.31. The van der Waals surface area contributed by atoms with Gasteiger partial charge in [0.2, 0.25) is 11.7 Å². The molecule has 144 valence electrons. The lowest BCUT2D eigenvalue weighted by atomic mass is 9.97. The van der Waals surface area contributed by atoms with E-state index in [1.165, 1.54) is 12.1 Å². The van der Waals surface area contributed by atoms with Crippen LogP contribution in [0, 0.1) is 5.82 Å². The Morgan fingerprint density at radius 2 is 2.04 bits per heavy atom. The fourth-order valence-corrected chi connectivity index (χ4v) is 3.85. The van der Waals surface area contributed by atoms with E-state index in [2.05, 4.69) is 26.1 Å². The Morgan fingerprint density at radius 1 is 1.25 bits per heavy atom. The molecule has 1 aromatic heterocycles. The van der Waals surface area contributed by atoms with E-state index < -0.39 is 5.82 Å². The zero-order valence-corrected chi connectivity index (χ0v) is 17.1. The summed E-state index contributed by atoms with van der Waals surface area (Å²) in [7, 11) is 0. The molecule has 0 saturated carbocycles. The average Bonchev–Trinajstić information content (AvgIpc) is 3.20. The Labute approximate surface area is 174 Å². The largest absolute Gasteiger partial charge is 0.339 e. The quantitative estimate of drug-likeness (QED) is 0.527. The van der Waals surface area contributed by atoms with E-state index in [4.69, 9.17) is 16.1 Å². The predicted molar refractivity (Wildman–Crippen MR) is 107 cm³/mol. The molecule has 0 spiro atoms. The van der Waals surface area contributed by atoms with Gasteiger partial charge in [0, 0.05) is 28.1 Å². The monoisotopic (exact) mass is 463 g/mol.